The predicted molar refractivity (Wildman–Crippen MR) is 92.7 cm³/mol. The maximum Gasteiger partial charge on any atom is 0.295 e. The molecule has 0 aliphatic rings. The molecule has 0 radical (unpaired) electrons. The van der Waals surface area contributed by atoms with Crippen molar-refractivity contribution in [3.63, 3.8) is 0 Å². The summed E-state index contributed by atoms with van der Waals surface area (Å²) in [6.07, 6.45) is 0. The van der Waals surface area contributed by atoms with E-state index in [9.17, 15) is 4.79 Å². The molecule has 0 bridgehead atoms. The Morgan fingerprint density at radius 2 is 1.65 bits per heavy atom. The van der Waals surface area contributed by atoms with Crippen molar-refractivity contribution < 1.29 is 4.74 Å². The summed E-state index contributed by atoms with van der Waals surface area (Å²) in [5.41, 5.74) is 3.07. The smallest absolute Gasteiger partial charge is 0.295 e. The zero-order valence-electron chi connectivity index (χ0n) is 13.4. The highest BCUT2D eigenvalue weighted by molar-refractivity contribution is 5.75. The quantitative estimate of drug-likeness (QED) is 0.806. The van der Waals surface area contributed by atoms with Crippen LogP contribution in [0.15, 0.2) is 59.4 Å². The number of para-hydroxylation sites is 1. The number of ether oxygens (including phenoxy) is 1. The van der Waals surface area contributed by atoms with E-state index in [1.165, 1.54) is 0 Å². The van der Waals surface area contributed by atoms with Crippen molar-refractivity contribution in [3.05, 3.63) is 65.0 Å². The van der Waals surface area contributed by atoms with Crippen LogP contribution in [0.1, 0.15) is 0 Å². The van der Waals surface area contributed by atoms with E-state index in [2.05, 4.69) is 5.10 Å². The molecule has 1 heterocycles. The highest BCUT2D eigenvalue weighted by Crippen LogP contribution is 2.27. The van der Waals surface area contributed by atoms with Gasteiger partial charge in [-0.3, -0.25) is 9.89 Å². The molecule has 0 saturated carbocycles. The number of nitrogens with one attached hydrogen (secondary N) is 1. The summed E-state index contributed by atoms with van der Waals surface area (Å²) in [4.78, 5) is 14.6. The molecule has 0 spiro atoms. The van der Waals surface area contributed by atoms with Gasteiger partial charge in [0.2, 0.25) is 0 Å². The zero-order valence-corrected chi connectivity index (χ0v) is 13.4. The highest BCUT2D eigenvalue weighted by Gasteiger charge is 2.18. The fourth-order valence-corrected chi connectivity index (χ4v) is 2.56. The number of anilines is 1. The van der Waals surface area contributed by atoms with Crippen molar-refractivity contribution in [2.45, 2.75) is 0 Å². The van der Waals surface area contributed by atoms with Crippen molar-refractivity contribution in [1.82, 2.24) is 9.78 Å². The molecule has 0 unspecified atom stereocenters. The molecule has 0 fully saturated rings. The number of hydrogen-bond donors (Lipinski definition) is 1. The molecule has 5 heteroatoms. The van der Waals surface area contributed by atoms with Gasteiger partial charge in [0.05, 0.1) is 18.5 Å². The standard InChI is InChI=1S/C18H19N3O2/c1-20(2)17-16(13-9-11-15(23-3)12-10-13)19-21(18(17)22)14-7-5-4-6-8-14/h4-12,19H,1-3H3. The van der Waals surface area contributed by atoms with Crippen LogP contribution in [-0.2, 0) is 0 Å². The van der Waals surface area contributed by atoms with Crippen LogP contribution in [0.2, 0.25) is 0 Å². The topological polar surface area (TPSA) is 50.3 Å². The first-order valence-electron chi connectivity index (χ1n) is 7.34. The van der Waals surface area contributed by atoms with E-state index in [4.69, 9.17) is 4.74 Å². The minimum absolute atomic E-state index is 0.0768. The molecule has 118 valence electrons. The normalized spacial score (nSPS) is 10.6. The second-order valence-corrected chi connectivity index (χ2v) is 5.43. The van der Waals surface area contributed by atoms with Crippen LogP contribution < -0.4 is 15.2 Å². The Kier molecular flexibility index (Phi) is 3.93. The maximum absolute atomic E-state index is 12.8. The first kappa shape index (κ1) is 15.0. The fourth-order valence-electron chi connectivity index (χ4n) is 2.56. The van der Waals surface area contributed by atoms with E-state index in [0.717, 1.165) is 22.7 Å². The Bertz CT molecular complexity index is 846. The number of methoxy groups -OCH3 is 1. The number of aromatic amines is 1. The number of H-pyrrole nitrogens is 1. The summed E-state index contributed by atoms with van der Waals surface area (Å²) >= 11 is 0. The largest absolute Gasteiger partial charge is 0.497 e. The van der Waals surface area contributed by atoms with Crippen LogP contribution in [0.5, 0.6) is 5.75 Å². The molecule has 1 N–H and O–H groups in total. The third-order valence-electron chi connectivity index (χ3n) is 3.71. The van der Waals surface area contributed by atoms with Gasteiger partial charge >= 0.3 is 0 Å². The van der Waals surface area contributed by atoms with Gasteiger partial charge in [0, 0.05) is 19.7 Å². The summed E-state index contributed by atoms with van der Waals surface area (Å²) in [5, 5.41) is 3.22. The van der Waals surface area contributed by atoms with Gasteiger partial charge in [0.1, 0.15) is 11.4 Å². The van der Waals surface area contributed by atoms with Gasteiger partial charge in [0.25, 0.3) is 5.56 Å². The average molecular weight is 309 g/mol. The lowest BCUT2D eigenvalue weighted by Crippen LogP contribution is -2.21. The van der Waals surface area contributed by atoms with E-state index in [1.807, 2.05) is 73.6 Å². The number of benzene rings is 2. The lowest BCUT2D eigenvalue weighted by molar-refractivity contribution is 0.415. The van der Waals surface area contributed by atoms with Crippen molar-refractivity contribution >= 4 is 5.69 Å². The van der Waals surface area contributed by atoms with Crippen LogP contribution in [0.4, 0.5) is 5.69 Å². The minimum atomic E-state index is -0.0768. The van der Waals surface area contributed by atoms with Gasteiger partial charge in [0.15, 0.2) is 0 Å². The molecule has 23 heavy (non-hydrogen) atoms. The van der Waals surface area contributed by atoms with Gasteiger partial charge in [-0.25, -0.2) is 4.68 Å². The molecule has 3 rings (SSSR count). The van der Waals surface area contributed by atoms with Gasteiger partial charge in [-0.1, -0.05) is 18.2 Å². The summed E-state index contributed by atoms with van der Waals surface area (Å²) in [6.45, 7) is 0. The van der Waals surface area contributed by atoms with Crippen LogP contribution in [0.25, 0.3) is 16.9 Å². The Labute approximate surface area is 134 Å². The maximum atomic E-state index is 12.8. The van der Waals surface area contributed by atoms with Crippen LogP contribution in [0, 0.1) is 0 Å². The Balaban J connectivity index is 2.18. The first-order valence-corrected chi connectivity index (χ1v) is 7.34. The van der Waals surface area contributed by atoms with E-state index in [-0.39, 0.29) is 5.56 Å². The molecular weight excluding hydrogens is 290 g/mol. The SMILES string of the molecule is COc1ccc(-c2[nH]n(-c3ccccc3)c(=O)c2N(C)C)cc1. The summed E-state index contributed by atoms with van der Waals surface area (Å²) in [7, 11) is 5.37. The van der Waals surface area contributed by atoms with Gasteiger partial charge < -0.3 is 9.64 Å². The molecule has 2 aromatic carbocycles. The highest BCUT2D eigenvalue weighted by atomic mass is 16.5. The van der Waals surface area contributed by atoms with Crippen molar-refractivity contribution in [2.24, 2.45) is 0 Å². The van der Waals surface area contributed by atoms with Crippen LogP contribution in [-0.4, -0.2) is 31.0 Å². The van der Waals surface area contributed by atoms with E-state index in [1.54, 1.807) is 11.8 Å². The first-order chi connectivity index (χ1) is 11.1. The third kappa shape index (κ3) is 2.73. The summed E-state index contributed by atoms with van der Waals surface area (Å²) in [5.74, 6) is 0.782. The van der Waals surface area contributed by atoms with Crippen LogP contribution >= 0.6 is 0 Å². The molecule has 3 aromatic rings. The molecule has 5 nitrogen and oxygen atoms in total. The number of nitrogens with zero attached hydrogens (tertiary/aromatic N) is 2. The predicted octanol–water partition coefficient (Wildman–Crippen LogP) is 2.91. The minimum Gasteiger partial charge on any atom is -0.497 e. The zero-order chi connectivity index (χ0) is 16.4. The van der Waals surface area contributed by atoms with Gasteiger partial charge in [-0.15, -0.1) is 0 Å². The fraction of sp³-hybridized carbons (Fsp3) is 0.167. The molecule has 0 aliphatic heterocycles. The van der Waals surface area contributed by atoms with Gasteiger partial charge in [-0.2, -0.15) is 0 Å². The summed E-state index contributed by atoms with van der Waals surface area (Å²) in [6, 6.07) is 17.2. The van der Waals surface area contributed by atoms with E-state index < -0.39 is 0 Å². The number of hydrogen-bond acceptors (Lipinski definition) is 3. The van der Waals surface area contributed by atoms with Crippen LogP contribution in [0.3, 0.4) is 0 Å². The molecular formula is C18H19N3O2. The summed E-state index contributed by atoms with van der Waals surface area (Å²) < 4.78 is 6.76. The number of rotatable bonds is 4. The Hall–Kier alpha value is -2.95. The lowest BCUT2D eigenvalue weighted by atomic mass is 10.1. The number of aromatic nitrogens is 2. The molecule has 0 saturated heterocycles. The lowest BCUT2D eigenvalue weighted by Gasteiger charge is -2.11. The average Bonchev–Trinajstić information content (AvgIpc) is 2.93. The Morgan fingerprint density at radius 3 is 2.22 bits per heavy atom. The van der Waals surface area contributed by atoms with E-state index >= 15 is 0 Å². The monoisotopic (exact) mass is 309 g/mol. The molecule has 0 amide bonds. The molecule has 0 atom stereocenters. The second-order valence-electron chi connectivity index (χ2n) is 5.43. The van der Waals surface area contributed by atoms with E-state index in [0.29, 0.717) is 5.69 Å². The van der Waals surface area contributed by atoms with Crippen molar-refractivity contribution in [3.8, 4) is 22.7 Å². The molecule has 1 aromatic heterocycles. The Morgan fingerprint density at radius 1 is 1.00 bits per heavy atom. The second kappa shape index (κ2) is 6.04. The van der Waals surface area contributed by atoms with Crippen molar-refractivity contribution in [1.29, 1.82) is 0 Å². The van der Waals surface area contributed by atoms with Gasteiger partial charge in [-0.05, 0) is 36.4 Å². The van der Waals surface area contributed by atoms with Crippen molar-refractivity contribution in [2.75, 3.05) is 26.1 Å². The molecule has 0 aliphatic carbocycles. The third-order valence-corrected chi connectivity index (χ3v) is 3.71.